The van der Waals surface area contributed by atoms with E-state index in [2.05, 4.69) is 44.3 Å². The fraction of sp³-hybridized carbons (Fsp3) is 0.500. The minimum absolute atomic E-state index is 0.699. The van der Waals surface area contributed by atoms with Crippen LogP contribution in [0, 0.1) is 18.3 Å². The summed E-state index contributed by atoms with van der Waals surface area (Å²) in [5.74, 6) is 3.32. The molecule has 0 bridgehead atoms. The molecular formula is C16H25N. The normalized spacial score (nSPS) is 12.7. The van der Waals surface area contributed by atoms with Gasteiger partial charge in [-0.3, -0.25) is 0 Å². The highest BCUT2D eigenvalue weighted by atomic mass is 14.9. The first kappa shape index (κ1) is 15.6. The van der Waals surface area contributed by atoms with E-state index < -0.39 is 0 Å². The Bertz CT molecular complexity index is 328. The van der Waals surface area contributed by atoms with Gasteiger partial charge in [-0.1, -0.05) is 39.5 Å². The van der Waals surface area contributed by atoms with E-state index in [0.717, 1.165) is 36.2 Å². The van der Waals surface area contributed by atoms with Gasteiger partial charge in [0.1, 0.15) is 0 Å². The van der Waals surface area contributed by atoms with Crippen molar-refractivity contribution in [2.45, 2.75) is 46.5 Å². The molecule has 0 aliphatic heterocycles. The molecule has 0 aromatic carbocycles. The fourth-order valence-electron chi connectivity index (χ4n) is 1.29. The molecule has 0 aliphatic rings. The topological polar surface area (TPSA) is 12.0 Å². The fourth-order valence-corrected chi connectivity index (χ4v) is 1.29. The lowest BCUT2D eigenvalue weighted by Gasteiger charge is -2.14. The van der Waals surface area contributed by atoms with Gasteiger partial charge < -0.3 is 5.32 Å². The molecule has 0 amide bonds. The Kier molecular flexibility index (Phi) is 7.97. The zero-order chi connectivity index (χ0) is 13.3. The van der Waals surface area contributed by atoms with Gasteiger partial charge in [-0.25, -0.2) is 0 Å². The van der Waals surface area contributed by atoms with Crippen molar-refractivity contribution < 1.29 is 0 Å². The molecule has 0 spiro atoms. The van der Waals surface area contributed by atoms with E-state index in [1.807, 2.05) is 6.92 Å². The first-order chi connectivity index (χ1) is 8.01. The van der Waals surface area contributed by atoms with Gasteiger partial charge in [-0.2, -0.15) is 0 Å². The van der Waals surface area contributed by atoms with Crippen LogP contribution in [0.15, 0.2) is 36.2 Å². The van der Waals surface area contributed by atoms with Crippen LogP contribution in [0.2, 0.25) is 0 Å². The third-order valence-electron chi connectivity index (χ3n) is 2.76. The molecule has 0 saturated carbocycles. The predicted octanol–water partition coefficient (Wildman–Crippen LogP) is 4.40. The molecule has 94 valence electrons. The molecule has 1 heteroatoms. The summed E-state index contributed by atoms with van der Waals surface area (Å²) in [7, 11) is 0. The second-order valence-corrected chi connectivity index (χ2v) is 4.58. The van der Waals surface area contributed by atoms with Crippen LogP contribution in [0.25, 0.3) is 0 Å². The largest absolute Gasteiger partial charge is 0.359 e. The van der Waals surface area contributed by atoms with Crippen molar-refractivity contribution in [3.8, 4) is 12.3 Å². The van der Waals surface area contributed by atoms with Crippen molar-refractivity contribution in [2.75, 3.05) is 0 Å². The van der Waals surface area contributed by atoms with Crippen molar-refractivity contribution in [2.24, 2.45) is 5.92 Å². The first-order valence-corrected chi connectivity index (χ1v) is 6.25. The minimum atomic E-state index is 0.699. The number of hydrogen-bond donors (Lipinski definition) is 1. The van der Waals surface area contributed by atoms with Crippen LogP contribution in [-0.2, 0) is 0 Å². The zero-order valence-corrected chi connectivity index (χ0v) is 11.5. The van der Waals surface area contributed by atoms with Gasteiger partial charge >= 0.3 is 0 Å². The van der Waals surface area contributed by atoms with Crippen molar-refractivity contribution in [1.29, 1.82) is 0 Å². The number of allylic oxidation sites excluding steroid dienone is 3. The molecule has 0 radical (unpaired) electrons. The third-order valence-corrected chi connectivity index (χ3v) is 2.76. The molecule has 0 fully saturated rings. The van der Waals surface area contributed by atoms with Gasteiger partial charge in [0.2, 0.25) is 0 Å². The Labute approximate surface area is 107 Å². The van der Waals surface area contributed by atoms with Crippen LogP contribution < -0.4 is 5.32 Å². The summed E-state index contributed by atoms with van der Waals surface area (Å²) in [6, 6.07) is 0. The molecule has 0 aromatic rings. The van der Waals surface area contributed by atoms with Crippen LogP contribution in [-0.4, -0.2) is 0 Å². The zero-order valence-electron chi connectivity index (χ0n) is 11.5. The molecule has 1 unspecified atom stereocenters. The molecule has 1 nitrogen and oxygen atoms in total. The highest BCUT2D eigenvalue weighted by Crippen LogP contribution is 2.13. The van der Waals surface area contributed by atoms with Crippen molar-refractivity contribution in [3.63, 3.8) is 0 Å². The maximum Gasteiger partial charge on any atom is 0.0364 e. The predicted molar refractivity (Wildman–Crippen MR) is 77.3 cm³/mol. The van der Waals surface area contributed by atoms with E-state index in [9.17, 15) is 0 Å². The van der Waals surface area contributed by atoms with Crippen LogP contribution in [0.3, 0.4) is 0 Å². The van der Waals surface area contributed by atoms with Gasteiger partial charge in [-0.15, -0.1) is 12.3 Å². The summed E-state index contributed by atoms with van der Waals surface area (Å²) in [5, 5.41) is 3.30. The van der Waals surface area contributed by atoms with Crippen LogP contribution in [0.5, 0.6) is 0 Å². The molecule has 0 heterocycles. The smallest absolute Gasteiger partial charge is 0.0364 e. The summed E-state index contributed by atoms with van der Waals surface area (Å²) in [6.45, 7) is 14.4. The molecule has 17 heavy (non-hydrogen) atoms. The monoisotopic (exact) mass is 231 g/mol. The summed E-state index contributed by atoms with van der Waals surface area (Å²) < 4.78 is 0. The number of rotatable bonds is 8. The van der Waals surface area contributed by atoms with Gasteiger partial charge in [0, 0.05) is 17.8 Å². The third kappa shape index (κ3) is 7.47. The quantitative estimate of drug-likeness (QED) is 0.482. The van der Waals surface area contributed by atoms with Crippen LogP contribution in [0.4, 0.5) is 0 Å². The summed E-state index contributed by atoms with van der Waals surface area (Å²) in [4.78, 5) is 0. The van der Waals surface area contributed by atoms with E-state index in [-0.39, 0.29) is 0 Å². The molecule has 0 aliphatic carbocycles. The van der Waals surface area contributed by atoms with Crippen molar-refractivity contribution in [1.82, 2.24) is 5.32 Å². The van der Waals surface area contributed by atoms with E-state index in [0.29, 0.717) is 5.92 Å². The lowest BCUT2D eigenvalue weighted by atomic mass is 10.0. The molecule has 1 atom stereocenters. The molecule has 0 aromatic heterocycles. The van der Waals surface area contributed by atoms with Gasteiger partial charge in [0.25, 0.3) is 0 Å². The average Bonchev–Trinajstić information content (AvgIpc) is 2.30. The molecule has 1 N–H and O–H groups in total. The van der Waals surface area contributed by atoms with E-state index >= 15 is 0 Å². The Morgan fingerprint density at radius 1 is 1.47 bits per heavy atom. The maximum atomic E-state index is 5.23. The van der Waals surface area contributed by atoms with Crippen LogP contribution >= 0.6 is 0 Å². The lowest BCUT2D eigenvalue weighted by molar-refractivity contribution is 0.569. The summed E-state index contributed by atoms with van der Waals surface area (Å²) >= 11 is 0. The maximum absolute atomic E-state index is 5.23. The van der Waals surface area contributed by atoms with E-state index in [4.69, 9.17) is 6.42 Å². The van der Waals surface area contributed by atoms with Crippen LogP contribution in [0.1, 0.15) is 46.5 Å². The van der Waals surface area contributed by atoms with E-state index in [1.54, 1.807) is 0 Å². The van der Waals surface area contributed by atoms with Gasteiger partial charge in [0.15, 0.2) is 0 Å². The molecule has 0 rings (SSSR count). The van der Waals surface area contributed by atoms with Gasteiger partial charge in [-0.05, 0) is 31.3 Å². The van der Waals surface area contributed by atoms with Crippen molar-refractivity contribution >= 4 is 0 Å². The average molecular weight is 231 g/mol. The number of terminal acetylenes is 1. The minimum Gasteiger partial charge on any atom is -0.359 e. The molecular weight excluding hydrogens is 206 g/mol. The SMILES string of the molecule is C#CCCC(=C)N/C(=C/CC(C)CC)C(=C)C. The highest BCUT2D eigenvalue weighted by molar-refractivity contribution is 5.27. The lowest BCUT2D eigenvalue weighted by Crippen LogP contribution is -2.13. The second kappa shape index (κ2) is 8.70. The number of nitrogens with one attached hydrogen (secondary N) is 1. The molecule has 0 saturated heterocycles. The van der Waals surface area contributed by atoms with Gasteiger partial charge in [0.05, 0.1) is 0 Å². The Morgan fingerprint density at radius 2 is 2.12 bits per heavy atom. The summed E-state index contributed by atoms with van der Waals surface area (Å²) in [6.07, 6.45) is 11.2. The van der Waals surface area contributed by atoms with E-state index in [1.165, 1.54) is 6.42 Å². The first-order valence-electron chi connectivity index (χ1n) is 6.25. The Balaban J connectivity index is 4.39. The summed E-state index contributed by atoms with van der Waals surface area (Å²) in [5.41, 5.74) is 3.07. The Morgan fingerprint density at radius 3 is 2.59 bits per heavy atom. The standard InChI is InChI=1S/C16H25N/c1-7-9-10-15(6)17-16(13(3)4)12-11-14(5)8-2/h1,12,14,17H,3,6,8-11H2,2,4-5H3/b16-12+. The van der Waals surface area contributed by atoms with Crippen molar-refractivity contribution in [3.05, 3.63) is 36.2 Å². The highest BCUT2D eigenvalue weighted by Gasteiger charge is 2.02. The number of hydrogen-bond acceptors (Lipinski definition) is 1. The Hall–Kier alpha value is -1.42. The second-order valence-electron chi connectivity index (χ2n) is 4.58.